The molecule has 2 N–H and O–H groups in total. The molecule has 0 radical (unpaired) electrons. The van der Waals surface area contributed by atoms with Crippen LogP contribution in [0.3, 0.4) is 0 Å². The van der Waals surface area contributed by atoms with Crippen LogP contribution >= 0.6 is 0 Å². The minimum Gasteiger partial charge on any atom is -0.693 e. The fourth-order valence-corrected chi connectivity index (χ4v) is 7.65. The number of allylic oxidation sites excluding steroid dienone is 1. The SMILES string of the molecule is C[N-]/C=C(\C)[C@@H](c1ccccc1)[C@H](c1ccccc1)[C@H](C)CNC.C[N-]C[C@H](C)[C@H](c1ccccc1)[C@@H](c1ccccc1)[C@H](C)CNC.[CH3-].[CH3-].[Nd]. The van der Waals surface area contributed by atoms with Crippen LogP contribution in [0.4, 0.5) is 0 Å². The minimum atomic E-state index is 0. The molecule has 278 valence electrons. The Bertz CT molecular complexity index is 1360. The molecule has 0 aromatic heterocycles. The molecule has 0 saturated heterocycles. The molecule has 0 aliphatic carbocycles. The Kier molecular flexibility index (Phi) is 26.0. The van der Waals surface area contributed by atoms with Gasteiger partial charge in [0.1, 0.15) is 0 Å². The molecule has 0 heterocycles. The summed E-state index contributed by atoms with van der Waals surface area (Å²) in [6.07, 6.45) is 2.01. The second-order valence-corrected chi connectivity index (χ2v) is 13.4. The van der Waals surface area contributed by atoms with Gasteiger partial charge in [-0.15, -0.1) is 13.6 Å². The van der Waals surface area contributed by atoms with Gasteiger partial charge in [0.25, 0.3) is 0 Å². The molecule has 4 aromatic rings. The number of benzene rings is 4. The zero-order valence-corrected chi connectivity index (χ0v) is 36.4. The number of rotatable bonds is 17. The summed E-state index contributed by atoms with van der Waals surface area (Å²) in [4.78, 5) is 0. The van der Waals surface area contributed by atoms with Gasteiger partial charge in [-0.25, -0.2) is 0 Å². The fraction of sp³-hybridized carbons (Fsp3) is 0.391. The van der Waals surface area contributed by atoms with E-state index in [0.717, 1.165) is 19.6 Å². The smallest absolute Gasteiger partial charge is 0.0103 e. The molecule has 0 spiro atoms. The normalized spacial score (nSPS) is 15.0. The molecule has 0 amide bonds. The maximum atomic E-state index is 4.45. The monoisotopic (exact) mass is 816 g/mol. The van der Waals surface area contributed by atoms with Crippen molar-refractivity contribution in [3.8, 4) is 0 Å². The molecule has 7 atom stereocenters. The molecule has 4 nitrogen and oxygen atoms in total. The molecule has 0 unspecified atom stereocenters. The average molecular weight is 819 g/mol. The van der Waals surface area contributed by atoms with E-state index in [1.165, 1.54) is 27.8 Å². The zero-order chi connectivity index (χ0) is 34.7. The summed E-state index contributed by atoms with van der Waals surface area (Å²) in [5, 5.41) is 15.5. The van der Waals surface area contributed by atoms with Gasteiger partial charge >= 0.3 is 0 Å². The summed E-state index contributed by atoms with van der Waals surface area (Å²) in [5.74, 6) is 3.20. The maximum Gasteiger partial charge on any atom is 0.0103 e. The first-order valence-corrected chi connectivity index (χ1v) is 17.7. The number of hydrogen-bond donors (Lipinski definition) is 2. The third-order valence-electron chi connectivity index (χ3n) is 9.64. The topological polar surface area (TPSA) is 52.3 Å². The van der Waals surface area contributed by atoms with Crippen LogP contribution < -0.4 is 10.6 Å². The predicted octanol–water partition coefficient (Wildman–Crippen LogP) is 11.3. The number of hydrogen-bond acceptors (Lipinski definition) is 2. The van der Waals surface area contributed by atoms with Crippen LogP contribution in [0.2, 0.25) is 0 Å². The molecule has 51 heavy (non-hydrogen) atoms. The van der Waals surface area contributed by atoms with Crippen molar-refractivity contribution in [3.05, 3.63) is 181 Å². The van der Waals surface area contributed by atoms with Gasteiger partial charge in [-0.1, -0.05) is 154 Å². The third kappa shape index (κ3) is 14.9. The van der Waals surface area contributed by atoms with Gasteiger partial charge in [-0.3, -0.25) is 0 Å². The zero-order valence-electron chi connectivity index (χ0n) is 33.2. The summed E-state index contributed by atoms with van der Waals surface area (Å²) in [6, 6.07) is 43.6. The van der Waals surface area contributed by atoms with Crippen LogP contribution in [0.5, 0.6) is 0 Å². The van der Waals surface area contributed by atoms with Crippen molar-refractivity contribution in [2.24, 2.45) is 17.8 Å². The third-order valence-corrected chi connectivity index (χ3v) is 9.64. The van der Waals surface area contributed by atoms with Gasteiger partial charge in [-0.2, -0.15) is 13.2 Å². The van der Waals surface area contributed by atoms with Crippen LogP contribution in [0, 0.1) is 73.4 Å². The minimum absolute atomic E-state index is 0. The molecule has 0 aliphatic rings. The van der Waals surface area contributed by atoms with Crippen molar-refractivity contribution >= 4 is 0 Å². The van der Waals surface area contributed by atoms with Crippen LogP contribution in [0.25, 0.3) is 10.6 Å². The Morgan fingerprint density at radius 1 is 0.549 bits per heavy atom. The molecule has 0 bridgehead atoms. The largest absolute Gasteiger partial charge is 0.693 e. The first-order valence-electron chi connectivity index (χ1n) is 17.7. The van der Waals surface area contributed by atoms with Gasteiger partial charge in [0, 0.05) is 46.8 Å². The molecule has 0 saturated carbocycles. The van der Waals surface area contributed by atoms with E-state index in [1.54, 1.807) is 0 Å². The van der Waals surface area contributed by atoms with E-state index in [-0.39, 0.29) is 55.7 Å². The van der Waals surface area contributed by atoms with E-state index in [1.807, 2.05) is 34.4 Å². The van der Waals surface area contributed by atoms with Crippen molar-refractivity contribution in [2.75, 3.05) is 47.8 Å². The second kappa shape index (κ2) is 27.3. The summed E-state index contributed by atoms with van der Waals surface area (Å²) >= 11 is 0. The molecule has 4 aromatic carbocycles. The molecule has 0 aliphatic heterocycles. The van der Waals surface area contributed by atoms with E-state index in [0.29, 0.717) is 41.4 Å². The molecule has 5 heteroatoms. The average Bonchev–Trinajstić information content (AvgIpc) is 3.11. The van der Waals surface area contributed by atoms with Crippen LogP contribution in [-0.4, -0.2) is 47.8 Å². The first kappa shape index (κ1) is 48.7. The maximum absolute atomic E-state index is 4.45. The van der Waals surface area contributed by atoms with Gasteiger partial charge in [0.15, 0.2) is 0 Å². The Labute approximate surface area is 346 Å². The Hall–Kier alpha value is -2.35. The molecular weight excluding hydrogens is 753 g/mol. The second-order valence-electron chi connectivity index (χ2n) is 13.4. The first-order chi connectivity index (χ1) is 23.4. The number of nitrogens with zero attached hydrogens (tertiary/aromatic N) is 2. The summed E-state index contributed by atoms with van der Waals surface area (Å²) in [5.41, 5.74) is 6.90. The summed E-state index contributed by atoms with van der Waals surface area (Å²) in [7, 11) is 7.84. The van der Waals surface area contributed by atoms with E-state index < -0.39 is 0 Å². The van der Waals surface area contributed by atoms with Crippen LogP contribution in [0.1, 0.15) is 73.6 Å². The van der Waals surface area contributed by atoms with Crippen molar-refractivity contribution in [3.63, 3.8) is 0 Å². The Morgan fingerprint density at radius 2 is 0.882 bits per heavy atom. The van der Waals surface area contributed by atoms with Crippen molar-refractivity contribution < 1.29 is 40.8 Å². The summed E-state index contributed by atoms with van der Waals surface area (Å²) < 4.78 is 0. The van der Waals surface area contributed by atoms with Crippen molar-refractivity contribution in [1.29, 1.82) is 0 Å². The molecule has 0 fully saturated rings. The van der Waals surface area contributed by atoms with Gasteiger partial charge in [-0.05, 0) is 86.0 Å². The van der Waals surface area contributed by atoms with E-state index in [2.05, 4.69) is 170 Å². The van der Waals surface area contributed by atoms with Gasteiger partial charge in [0.05, 0.1) is 0 Å². The summed E-state index contributed by atoms with van der Waals surface area (Å²) in [6.45, 7) is 12.1. The van der Waals surface area contributed by atoms with Crippen LogP contribution in [-0.2, 0) is 0 Å². The molecular formula is C46H66N4Nd-4. The van der Waals surface area contributed by atoms with Gasteiger partial charge in [0.2, 0.25) is 0 Å². The van der Waals surface area contributed by atoms with Crippen molar-refractivity contribution in [1.82, 2.24) is 10.6 Å². The predicted molar refractivity (Wildman–Crippen MR) is 222 cm³/mol. The van der Waals surface area contributed by atoms with Crippen molar-refractivity contribution in [2.45, 2.75) is 51.4 Å². The van der Waals surface area contributed by atoms with Crippen LogP contribution in [0.15, 0.2) is 133 Å². The van der Waals surface area contributed by atoms with Gasteiger partial charge < -0.3 is 36.1 Å². The fourth-order valence-electron chi connectivity index (χ4n) is 7.65. The van der Waals surface area contributed by atoms with E-state index in [4.69, 9.17) is 0 Å². The Balaban J connectivity index is 0.000000926. The van der Waals surface area contributed by atoms with E-state index in [9.17, 15) is 0 Å². The Morgan fingerprint density at radius 3 is 1.24 bits per heavy atom. The quantitative estimate of drug-likeness (QED) is 0.104. The number of nitrogens with one attached hydrogen (secondary N) is 2. The standard InChI is InChI=1S/C22H31N2.C22H29N2.2CH3.Nd/c2*1-17(15-23-3)21(19-11-7-5-8-12-19)22(18(2)16-24-4)20-13-9-6-10-14-20;;;/h5-14,17-18,21-23H,15-16H2,1-4H3;5-15,18,21-22,24H,16H2,1-4H3;2*1H3;/q4*-1;/b;17-15+;;;/t17-,18+,21-,22-;18-,21+,22+;;;/m11.../s1. The van der Waals surface area contributed by atoms with E-state index >= 15 is 0 Å². The molecule has 4 rings (SSSR count).